The first-order valence-corrected chi connectivity index (χ1v) is 7.69. The van der Waals surface area contributed by atoms with Gasteiger partial charge >= 0.3 is 0 Å². The maximum absolute atomic E-state index is 12.5. The smallest absolute Gasteiger partial charge is 0.231 e. The van der Waals surface area contributed by atoms with Gasteiger partial charge in [-0.15, -0.1) is 0 Å². The number of rotatable bonds is 3. The van der Waals surface area contributed by atoms with Crippen LogP contribution in [0, 0.1) is 12.8 Å². The van der Waals surface area contributed by atoms with Crippen LogP contribution in [0.4, 0.5) is 11.4 Å². The van der Waals surface area contributed by atoms with E-state index >= 15 is 0 Å². The van der Waals surface area contributed by atoms with E-state index < -0.39 is 0 Å². The zero-order valence-electron chi connectivity index (χ0n) is 12.8. The first-order valence-electron chi connectivity index (χ1n) is 7.69. The zero-order valence-corrected chi connectivity index (χ0v) is 12.8. The fourth-order valence-corrected chi connectivity index (χ4v) is 3.12. The van der Waals surface area contributed by atoms with Gasteiger partial charge < -0.3 is 20.5 Å². The Morgan fingerprint density at radius 1 is 1.22 bits per heavy atom. The molecule has 4 rings (SSSR count). The van der Waals surface area contributed by atoms with Crippen molar-refractivity contribution >= 4 is 17.3 Å². The zero-order chi connectivity index (χ0) is 16.0. The van der Waals surface area contributed by atoms with Crippen LogP contribution in [-0.2, 0) is 4.79 Å². The molecule has 1 saturated carbocycles. The molecule has 0 bridgehead atoms. The molecule has 1 fully saturated rings. The standard InChI is InChI=1S/C18H18N2O3/c1-10-4-2-3-5-11(10)12-6-13(12)18(21)20-15-8-17-16(7-14(15)19)22-9-23-17/h2-5,7-8,12-13H,6,9,19H2,1H3,(H,20,21). The molecule has 1 aliphatic heterocycles. The lowest BCUT2D eigenvalue weighted by atomic mass is 10.0. The predicted octanol–water partition coefficient (Wildman–Crippen LogP) is 3.05. The second-order valence-electron chi connectivity index (χ2n) is 6.09. The highest BCUT2D eigenvalue weighted by Gasteiger charge is 2.44. The maximum atomic E-state index is 12.5. The summed E-state index contributed by atoms with van der Waals surface area (Å²) in [5, 5.41) is 2.92. The van der Waals surface area contributed by atoms with E-state index in [1.165, 1.54) is 11.1 Å². The van der Waals surface area contributed by atoms with E-state index in [0.717, 1.165) is 6.42 Å². The number of ether oxygens (including phenoxy) is 2. The summed E-state index contributed by atoms with van der Waals surface area (Å²) in [6.45, 7) is 2.27. The fourth-order valence-electron chi connectivity index (χ4n) is 3.12. The molecule has 0 aromatic heterocycles. The Balaban J connectivity index is 1.49. The van der Waals surface area contributed by atoms with Crippen molar-refractivity contribution < 1.29 is 14.3 Å². The van der Waals surface area contributed by atoms with Crippen molar-refractivity contribution in [3.8, 4) is 11.5 Å². The van der Waals surface area contributed by atoms with Crippen LogP contribution < -0.4 is 20.5 Å². The lowest BCUT2D eigenvalue weighted by molar-refractivity contribution is -0.117. The summed E-state index contributed by atoms with van der Waals surface area (Å²) in [7, 11) is 0. The molecule has 2 aliphatic rings. The van der Waals surface area contributed by atoms with E-state index in [-0.39, 0.29) is 18.6 Å². The number of amides is 1. The number of hydrogen-bond donors (Lipinski definition) is 2. The van der Waals surface area contributed by atoms with Crippen molar-refractivity contribution in [1.29, 1.82) is 0 Å². The second-order valence-corrected chi connectivity index (χ2v) is 6.09. The Bertz CT molecular complexity index is 788. The van der Waals surface area contributed by atoms with Gasteiger partial charge in [-0.05, 0) is 30.4 Å². The Morgan fingerprint density at radius 3 is 2.74 bits per heavy atom. The summed E-state index contributed by atoms with van der Waals surface area (Å²) in [4.78, 5) is 12.5. The van der Waals surface area contributed by atoms with Crippen molar-refractivity contribution in [2.24, 2.45) is 5.92 Å². The molecule has 118 valence electrons. The lowest BCUT2D eigenvalue weighted by Gasteiger charge is -2.10. The minimum atomic E-state index is 0.000855. The van der Waals surface area contributed by atoms with E-state index in [1.807, 2.05) is 12.1 Å². The van der Waals surface area contributed by atoms with E-state index in [2.05, 4.69) is 24.4 Å². The van der Waals surface area contributed by atoms with Crippen LogP contribution in [0.25, 0.3) is 0 Å². The highest BCUT2D eigenvalue weighted by Crippen LogP contribution is 2.49. The molecular weight excluding hydrogens is 292 g/mol. The summed E-state index contributed by atoms with van der Waals surface area (Å²) < 4.78 is 10.6. The third kappa shape index (κ3) is 2.48. The highest BCUT2D eigenvalue weighted by atomic mass is 16.7. The SMILES string of the molecule is Cc1ccccc1C1CC1C(=O)Nc1cc2c(cc1N)OCO2. The number of nitrogens with one attached hydrogen (secondary N) is 1. The van der Waals surface area contributed by atoms with Crippen molar-refractivity contribution in [2.75, 3.05) is 17.8 Å². The molecule has 5 nitrogen and oxygen atoms in total. The topological polar surface area (TPSA) is 73.6 Å². The Hall–Kier alpha value is -2.69. The molecular formula is C18H18N2O3. The van der Waals surface area contributed by atoms with E-state index in [4.69, 9.17) is 15.2 Å². The largest absolute Gasteiger partial charge is 0.454 e. The average molecular weight is 310 g/mol. The number of fused-ring (bicyclic) bond motifs is 1. The van der Waals surface area contributed by atoms with Crippen LogP contribution in [0.15, 0.2) is 36.4 Å². The first kappa shape index (κ1) is 13.9. The number of aryl methyl sites for hydroxylation is 1. The molecule has 3 N–H and O–H groups in total. The predicted molar refractivity (Wildman–Crippen MR) is 87.6 cm³/mol. The molecule has 1 aliphatic carbocycles. The van der Waals surface area contributed by atoms with Gasteiger partial charge in [0.25, 0.3) is 0 Å². The number of carbonyl (C=O) groups excluding carboxylic acids is 1. The van der Waals surface area contributed by atoms with Gasteiger partial charge in [-0.1, -0.05) is 24.3 Å². The quantitative estimate of drug-likeness (QED) is 0.855. The lowest BCUT2D eigenvalue weighted by Crippen LogP contribution is -2.15. The molecule has 1 heterocycles. The third-order valence-electron chi connectivity index (χ3n) is 4.52. The normalized spacial score (nSPS) is 21.1. The van der Waals surface area contributed by atoms with Gasteiger partial charge in [0, 0.05) is 18.1 Å². The number of nitrogens with two attached hydrogens (primary N) is 1. The second kappa shape index (κ2) is 5.19. The number of anilines is 2. The van der Waals surface area contributed by atoms with Gasteiger partial charge in [0.1, 0.15) is 0 Å². The molecule has 1 amide bonds. The summed E-state index contributed by atoms with van der Waals surface area (Å²) in [6.07, 6.45) is 0.876. The molecule has 2 aromatic rings. The molecule has 23 heavy (non-hydrogen) atoms. The number of carbonyl (C=O) groups is 1. The summed E-state index contributed by atoms with van der Waals surface area (Å²) in [5.74, 6) is 1.53. The van der Waals surface area contributed by atoms with E-state index in [0.29, 0.717) is 28.8 Å². The van der Waals surface area contributed by atoms with Crippen molar-refractivity contribution in [1.82, 2.24) is 0 Å². The van der Waals surface area contributed by atoms with Crippen molar-refractivity contribution in [3.63, 3.8) is 0 Å². The van der Waals surface area contributed by atoms with Crippen LogP contribution in [0.2, 0.25) is 0 Å². The Morgan fingerprint density at radius 2 is 1.96 bits per heavy atom. The van der Waals surface area contributed by atoms with Gasteiger partial charge in [-0.25, -0.2) is 0 Å². The van der Waals surface area contributed by atoms with Gasteiger partial charge in [-0.3, -0.25) is 4.79 Å². The average Bonchev–Trinajstić information content (AvgIpc) is 3.20. The molecule has 2 atom stereocenters. The maximum Gasteiger partial charge on any atom is 0.231 e. The molecule has 0 spiro atoms. The molecule has 0 saturated heterocycles. The van der Waals surface area contributed by atoms with Crippen molar-refractivity contribution in [3.05, 3.63) is 47.5 Å². The first-order chi connectivity index (χ1) is 11.1. The molecule has 2 aromatic carbocycles. The fraction of sp³-hybridized carbons (Fsp3) is 0.278. The summed E-state index contributed by atoms with van der Waals surface area (Å²) in [5.41, 5.74) is 9.53. The monoisotopic (exact) mass is 310 g/mol. The van der Waals surface area contributed by atoms with Gasteiger partial charge in [0.15, 0.2) is 11.5 Å². The number of nitrogen functional groups attached to an aromatic ring is 1. The molecule has 2 unspecified atom stereocenters. The van der Waals surface area contributed by atoms with Gasteiger partial charge in [0.05, 0.1) is 11.4 Å². The third-order valence-corrected chi connectivity index (χ3v) is 4.52. The van der Waals surface area contributed by atoms with Crippen LogP contribution >= 0.6 is 0 Å². The van der Waals surface area contributed by atoms with Gasteiger partial charge in [-0.2, -0.15) is 0 Å². The molecule has 5 heteroatoms. The highest BCUT2D eigenvalue weighted by molar-refractivity contribution is 5.98. The van der Waals surface area contributed by atoms with Crippen LogP contribution in [0.3, 0.4) is 0 Å². The van der Waals surface area contributed by atoms with E-state index in [1.54, 1.807) is 12.1 Å². The van der Waals surface area contributed by atoms with Crippen LogP contribution in [0.1, 0.15) is 23.5 Å². The Labute approximate surface area is 134 Å². The molecule has 0 radical (unpaired) electrons. The minimum absolute atomic E-state index is 0.000855. The number of benzene rings is 2. The number of hydrogen-bond acceptors (Lipinski definition) is 4. The Kier molecular flexibility index (Phi) is 3.15. The van der Waals surface area contributed by atoms with Crippen LogP contribution in [-0.4, -0.2) is 12.7 Å². The van der Waals surface area contributed by atoms with E-state index in [9.17, 15) is 4.79 Å². The summed E-state index contributed by atoms with van der Waals surface area (Å²) in [6, 6.07) is 11.6. The van der Waals surface area contributed by atoms with Gasteiger partial charge in [0.2, 0.25) is 12.7 Å². The minimum Gasteiger partial charge on any atom is -0.454 e. The summed E-state index contributed by atoms with van der Waals surface area (Å²) >= 11 is 0. The van der Waals surface area contributed by atoms with Crippen molar-refractivity contribution in [2.45, 2.75) is 19.3 Å². The van der Waals surface area contributed by atoms with Crippen LogP contribution in [0.5, 0.6) is 11.5 Å².